The molecule has 1 aliphatic rings. The fourth-order valence-corrected chi connectivity index (χ4v) is 2.03. The van der Waals surface area contributed by atoms with Gasteiger partial charge < -0.3 is 19.8 Å². The van der Waals surface area contributed by atoms with E-state index in [0.717, 1.165) is 0 Å². The van der Waals surface area contributed by atoms with Crippen LogP contribution in [0.4, 0.5) is 0 Å². The fraction of sp³-hybridized carbons (Fsp3) is 0.462. The maximum atomic E-state index is 12.3. The second-order valence-electron chi connectivity index (χ2n) is 4.27. The number of amides is 1. The Balaban J connectivity index is 2.19. The Morgan fingerprint density at radius 1 is 1.33 bits per heavy atom. The topological polar surface area (TPSA) is 70.0 Å². The van der Waals surface area contributed by atoms with E-state index in [2.05, 4.69) is 0 Å². The first-order chi connectivity index (χ1) is 8.63. The van der Waals surface area contributed by atoms with Gasteiger partial charge in [0.05, 0.1) is 24.4 Å². The van der Waals surface area contributed by atoms with Crippen LogP contribution >= 0.6 is 0 Å². The van der Waals surface area contributed by atoms with Gasteiger partial charge in [-0.15, -0.1) is 0 Å². The molecule has 5 heteroatoms. The summed E-state index contributed by atoms with van der Waals surface area (Å²) in [6.07, 6.45) is -1.73. The van der Waals surface area contributed by atoms with Crippen molar-refractivity contribution in [1.29, 1.82) is 0 Å². The number of ether oxygens (including phenoxy) is 1. The zero-order valence-corrected chi connectivity index (χ0v) is 10.2. The molecule has 0 unspecified atom stereocenters. The van der Waals surface area contributed by atoms with Crippen LogP contribution in [0.5, 0.6) is 5.75 Å². The van der Waals surface area contributed by atoms with Gasteiger partial charge in [0.25, 0.3) is 5.91 Å². The second-order valence-corrected chi connectivity index (χ2v) is 4.27. The Morgan fingerprint density at radius 2 is 1.94 bits per heavy atom. The average molecular weight is 251 g/mol. The summed E-state index contributed by atoms with van der Waals surface area (Å²) in [5, 5.41) is 18.9. The van der Waals surface area contributed by atoms with Crippen LogP contribution in [0.3, 0.4) is 0 Å². The molecule has 98 valence electrons. The minimum atomic E-state index is -0.867. The van der Waals surface area contributed by atoms with Gasteiger partial charge in [-0.1, -0.05) is 12.1 Å². The molecule has 1 aliphatic heterocycles. The number of carbonyl (C=O) groups is 1. The van der Waals surface area contributed by atoms with Crippen molar-refractivity contribution >= 4 is 5.91 Å². The van der Waals surface area contributed by atoms with E-state index < -0.39 is 12.2 Å². The van der Waals surface area contributed by atoms with Gasteiger partial charge in [-0.05, 0) is 19.1 Å². The fourth-order valence-electron chi connectivity index (χ4n) is 2.03. The van der Waals surface area contributed by atoms with Crippen molar-refractivity contribution in [2.24, 2.45) is 0 Å². The lowest BCUT2D eigenvalue weighted by Gasteiger charge is -2.17. The van der Waals surface area contributed by atoms with E-state index in [9.17, 15) is 15.0 Å². The minimum Gasteiger partial charge on any atom is -0.493 e. The number of likely N-dealkylation sites (tertiary alicyclic amines) is 1. The molecule has 18 heavy (non-hydrogen) atoms. The standard InChI is InChI=1S/C13H17NO4/c1-2-18-12-6-4-3-5-9(12)13(17)14-7-10(15)11(16)8-14/h3-6,10-11,15-16H,2,7-8H2,1H3/t10-,11+. The summed E-state index contributed by atoms with van der Waals surface area (Å²) < 4.78 is 5.40. The number of hydrogen-bond donors (Lipinski definition) is 2. The van der Waals surface area contributed by atoms with E-state index in [4.69, 9.17) is 4.74 Å². The summed E-state index contributed by atoms with van der Waals surface area (Å²) in [5.74, 6) is 0.301. The number of aliphatic hydroxyl groups excluding tert-OH is 2. The molecule has 0 saturated carbocycles. The molecule has 0 bridgehead atoms. The van der Waals surface area contributed by atoms with Crippen LogP contribution in [-0.4, -0.2) is 52.9 Å². The van der Waals surface area contributed by atoms with Crippen molar-refractivity contribution in [3.63, 3.8) is 0 Å². The molecular formula is C13H17NO4. The lowest BCUT2D eigenvalue weighted by Crippen LogP contribution is -2.30. The van der Waals surface area contributed by atoms with Crippen LogP contribution in [-0.2, 0) is 0 Å². The number of hydrogen-bond acceptors (Lipinski definition) is 4. The molecule has 2 atom stereocenters. The number of rotatable bonds is 3. The molecule has 1 saturated heterocycles. The highest BCUT2D eigenvalue weighted by Crippen LogP contribution is 2.22. The highest BCUT2D eigenvalue weighted by atomic mass is 16.5. The van der Waals surface area contributed by atoms with Gasteiger partial charge in [-0.3, -0.25) is 4.79 Å². The van der Waals surface area contributed by atoms with Crippen LogP contribution in [0.1, 0.15) is 17.3 Å². The van der Waals surface area contributed by atoms with E-state index in [1.165, 1.54) is 4.90 Å². The first-order valence-electron chi connectivity index (χ1n) is 6.00. The van der Waals surface area contributed by atoms with E-state index in [1.807, 2.05) is 6.92 Å². The van der Waals surface area contributed by atoms with E-state index >= 15 is 0 Å². The summed E-state index contributed by atoms with van der Waals surface area (Å²) in [4.78, 5) is 13.7. The molecule has 0 aliphatic carbocycles. The van der Waals surface area contributed by atoms with Crippen molar-refractivity contribution < 1.29 is 19.7 Å². The molecule has 0 spiro atoms. The number of β-amino-alcohol motifs (C(OH)–C–C–N with tert-alkyl or cyclic N) is 2. The molecule has 1 aromatic rings. The lowest BCUT2D eigenvalue weighted by atomic mass is 10.2. The van der Waals surface area contributed by atoms with Gasteiger partial charge in [0.1, 0.15) is 5.75 Å². The maximum absolute atomic E-state index is 12.3. The largest absolute Gasteiger partial charge is 0.493 e. The Morgan fingerprint density at radius 3 is 2.56 bits per heavy atom. The molecule has 0 aromatic heterocycles. The number of benzene rings is 1. The van der Waals surface area contributed by atoms with E-state index in [1.54, 1.807) is 24.3 Å². The Bertz CT molecular complexity index is 425. The van der Waals surface area contributed by atoms with Gasteiger partial charge >= 0.3 is 0 Å². The van der Waals surface area contributed by atoms with Crippen LogP contribution in [0.15, 0.2) is 24.3 Å². The van der Waals surface area contributed by atoms with Crippen molar-refractivity contribution in [3.05, 3.63) is 29.8 Å². The van der Waals surface area contributed by atoms with Crippen LogP contribution in [0.25, 0.3) is 0 Å². The van der Waals surface area contributed by atoms with Gasteiger partial charge in [0.2, 0.25) is 0 Å². The predicted molar refractivity (Wildman–Crippen MR) is 65.5 cm³/mol. The molecule has 1 fully saturated rings. The highest BCUT2D eigenvalue weighted by Gasteiger charge is 2.33. The summed E-state index contributed by atoms with van der Waals surface area (Å²) in [6, 6.07) is 6.98. The number of carbonyl (C=O) groups excluding carboxylic acids is 1. The zero-order valence-electron chi connectivity index (χ0n) is 10.2. The third-order valence-electron chi connectivity index (χ3n) is 2.96. The Hall–Kier alpha value is -1.59. The first-order valence-corrected chi connectivity index (χ1v) is 6.00. The predicted octanol–water partition coefficient (Wildman–Crippen LogP) is 0.263. The summed E-state index contributed by atoms with van der Waals surface area (Å²) >= 11 is 0. The smallest absolute Gasteiger partial charge is 0.257 e. The minimum absolute atomic E-state index is 0.153. The van der Waals surface area contributed by atoms with Crippen molar-refractivity contribution in [3.8, 4) is 5.75 Å². The molecule has 5 nitrogen and oxygen atoms in total. The number of aliphatic hydroxyl groups is 2. The Labute approximate surface area is 106 Å². The highest BCUT2D eigenvalue weighted by molar-refractivity contribution is 5.97. The van der Waals surface area contributed by atoms with Crippen molar-refractivity contribution in [2.45, 2.75) is 19.1 Å². The molecular weight excluding hydrogens is 234 g/mol. The normalized spacial score (nSPS) is 23.2. The molecule has 2 N–H and O–H groups in total. The molecule has 1 aromatic carbocycles. The number of nitrogens with zero attached hydrogens (tertiary/aromatic N) is 1. The monoisotopic (exact) mass is 251 g/mol. The van der Waals surface area contributed by atoms with Crippen molar-refractivity contribution in [2.75, 3.05) is 19.7 Å². The van der Waals surface area contributed by atoms with Crippen LogP contribution in [0.2, 0.25) is 0 Å². The SMILES string of the molecule is CCOc1ccccc1C(=O)N1C[C@@H](O)[C@@H](O)C1. The molecule has 2 rings (SSSR count). The summed E-state index contributed by atoms with van der Waals surface area (Å²) in [6.45, 7) is 2.64. The van der Waals surface area contributed by atoms with Gasteiger partial charge in [-0.2, -0.15) is 0 Å². The van der Waals surface area contributed by atoms with Crippen molar-refractivity contribution in [1.82, 2.24) is 4.90 Å². The first kappa shape index (κ1) is 12.9. The quantitative estimate of drug-likeness (QED) is 0.808. The Kier molecular flexibility index (Phi) is 3.84. The molecule has 0 radical (unpaired) electrons. The maximum Gasteiger partial charge on any atom is 0.257 e. The zero-order chi connectivity index (χ0) is 13.1. The second kappa shape index (κ2) is 5.37. The van der Waals surface area contributed by atoms with Crippen LogP contribution in [0, 0.1) is 0 Å². The molecule has 1 amide bonds. The third-order valence-corrected chi connectivity index (χ3v) is 2.96. The summed E-state index contributed by atoms with van der Waals surface area (Å²) in [7, 11) is 0. The average Bonchev–Trinajstić information content (AvgIpc) is 2.70. The van der Waals surface area contributed by atoms with Crippen LogP contribution < -0.4 is 4.74 Å². The van der Waals surface area contributed by atoms with E-state index in [0.29, 0.717) is 17.9 Å². The van der Waals surface area contributed by atoms with Gasteiger partial charge in [0, 0.05) is 13.1 Å². The third kappa shape index (κ3) is 2.47. The molecule has 1 heterocycles. The summed E-state index contributed by atoms with van der Waals surface area (Å²) in [5.41, 5.74) is 0.459. The van der Waals surface area contributed by atoms with Gasteiger partial charge in [0.15, 0.2) is 0 Å². The van der Waals surface area contributed by atoms with Gasteiger partial charge in [-0.25, -0.2) is 0 Å². The van der Waals surface area contributed by atoms with E-state index in [-0.39, 0.29) is 19.0 Å². The lowest BCUT2D eigenvalue weighted by molar-refractivity contribution is 0.0572. The number of para-hydroxylation sites is 1.